The van der Waals surface area contributed by atoms with Crippen LogP contribution in [0.4, 0.5) is 0 Å². The van der Waals surface area contributed by atoms with Gasteiger partial charge in [0, 0.05) is 12.5 Å². The minimum atomic E-state index is -0.807. The molecule has 0 radical (unpaired) electrons. The summed E-state index contributed by atoms with van der Waals surface area (Å²) < 4.78 is 5.23. The predicted molar refractivity (Wildman–Crippen MR) is 82.1 cm³/mol. The lowest BCUT2D eigenvalue weighted by atomic mass is 9.80. The van der Waals surface area contributed by atoms with Gasteiger partial charge in [0.2, 0.25) is 0 Å². The highest BCUT2D eigenvalue weighted by molar-refractivity contribution is 5.85. The van der Waals surface area contributed by atoms with Gasteiger partial charge in [-0.2, -0.15) is 0 Å². The summed E-state index contributed by atoms with van der Waals surface area (Å²) in [7, 11) is 5.70. The summed E-state index contributed by atoms with van der Waals surface area (Å²) in [6, 6.07) is 7.72. The zero-order valence-corrected chi connectivity index (χ0v) is 13.3. The Kier molecular flexibility index (Phi) is 7.42. The lowest BCUT2D eigenvalue weighted by Gasteiger charge is -2.35. The fraction of sp³-hybridized carbons (Fsp3) is 0.600. The van der Waals surface area contributed by atoms with Crippen molar-refractivity contribution in [3.05, 3.63) is 29.8 Å². The van der Waals surface area contributed by atoms with Crippen LogP contribution in [0.2, 0.25) is 0 Å². The molecule has 0 bridgehead atoms. The van der Waals surface area contributed by atoms with Gasteiger partial charge in [-0.3, -0.25) is 0 Å². The number of nitrogens with zero attached hydrogens (tertiary/aromatic N) is 1. The van der Waals surface area contributed by atoms with Gasteiger partial charge in [0.15, 0.2) is 0 Å². The van der Waals surface area contributed by atoms with Gasteiger partial charge in [0.25, 0.3) is 0 Å². The minimum absolute atomic E-state index is 0. The monoisotopic (exact) mass is 287 g/mol. The Hall–Kier alpha value is -0.770. The molecule has 0 aliphatic carbocycles. The Labute approximate surface area is 123 Å². The van der Waals surface area contributed by atoms with E-state index < -0.39 is 5.60 Å². The molecule has 1 aromatic rings. The van der Waals surface area contributed by atoms with Gasteiger partial charge < -0.3 is 14.7 Å². The Morgan fingerprint density at radius 2 is 2.00 bits per heavy atom. The molecule has 0 saturated heterocycles. The third-order valence-corrected chi connectivity index (χ3v) is 3.56. The fourth-order valence-corrected chi connectivity index (χ4v) is 2.43. The second kappa shape index (κ2) is 7.73. The Morgan fingerprint density at radius 3 is 2.47 bits per heavy atom. The number of rotatable bonds is 6. The molecule has 0 spiro atoms. The lowest BCUT2D eigenvalue weighted by molar-refractivity contribution is -0.0293. The molecule has 19 heavy (non-hydrogen) atoms. The van der Waals surface area contributed by atoms with Crippen molar-refractivity contribution in [2.45, 2.75) is 25.9 Å². The minimum Gasteiger partial charge on any atom is -0.497 e. The zero-order valence-electron chi connectivity index (χ0n) is 12.5. The molecule has 4 heteroatoms. The van der Waals surface area contributed by atoms with Gasteiger partial charge in [-0.25, -0.2) is 0 Å². The highest BCUT2D eigenvalue weighted by atomic mass is 35.5. The summed E-state index contributed by atoms with van der Waals surface area (Å²) in [4.78, 5) is 2.10. The summed E-state index contributed by atoms with van der Waals surface area (Å²) in [5.74, 6) is 0.945. The molecule has 110 valence electrons. The molecule has 3 nitrogen and oxygen atoms in total. The van der Waals surface area contributed by atoms with Crippen LogP contribution >= 0.6 is 12.4 Å². The van der Waals surface area contributed by atoms with Gasteiger partial charge >= 0.3 is 0 Å². The second-order valence-corrected chi connectivity index (χ2v) is 5.17. The van der Waals surface area contributed by atoms with E-state index in [-0.39, 0.29) is 18.3 Å². The summed E-state index contributed by atoms with van der Waals surface area (Å²) in [5, 5.41) is 10.9. The number of halogens is 1. The Morgan fingerprint density at radius 1 is 1.37 bits per heavy atom. The van der Waals surface area contributed by atoms with Crippen LogP contribution in [0, 0.1) is 5.92 Å². The Bertz CT molecular complexity index is 384. The molecule has 0 amide bonds. The van der Waals surface area contributed by atoms with Crippen LogP contribution in [0.1, 0.15) is 25.8 Å². The topological polar surface area (TPSA) is 32.7 Å². The molecule has 1 rings (SSSR count). The van der Waals surface area contributed by atoms with Crippen molar-refractivity contribution in [2.75, 3.05) is 27.7 Å². The highest BCUT2D eigenvalue weighted by Gasteiger charge is 2.34. The smallest absolute Gasteiger partial charge is 0.119 e. The Balaban J connectivity index is 0.00000324. The molecule has 2 atom stereocenters. The second-order valence-electron chi connectivity index (χ2n) is 5.17. The molecule has 0 aromatic heterocycles. The van der Waals surface area contributed by atoms with Crippen LogP contribution in [0.3, 0.4) is 0 Å². The molecular formula is C15H26ClNO2. The van der Waals surface area contributed by atoms with E-state index in [1.165, 1.54) is 0 Å². The summed E-state index contributed by atoms with van der Waals surface area (Å²) in [5.41, 5.74) is 0.123. The fourth-order valence-electron chi connectivity index (χ4n) is 2.43. The number of hydrogen-bond donors (Lipinski definition) is 1. The number of methoxy groups -OCH3 is 1. The van der Waals surface area contributed by atoms with E-state index >= 15 is 0 Å². The van der Waals surface area contributed by atoms with Gasteiger partial charge in [-0.05, 0) is 38.2 Å². The number of hydrogen-bond acceptors (Lipinski definition) is 3. The lowest BCUT2D eigenvalue weighted by Crippen LogP contribution is -2.38. The van der Waals surface area contributed by atoms with Gasteiger partial charge in [0.05, 0.1) is 12.7 Å². The molecule has 1 N–H and O–H groups in total. The van der Waals surface area contributed by atoms with E-state index in [2.05, 4.69) is 11.8 Å². The first-order chi connectivity index (χ1) is 8.43. The third kappa shape index (κ3) is 4.37. The molecule has 1 unspecified atom stereocenters. The van der Waals surface area contributed by atoms with Crippen molar-refractivity contribution in [2.24, 2.45) is 5.92 Å². The van der Waals surface area contributed by atoms with Gasteiger partial charge in [0.1, 0.15) is 5.75 Å². The van der Waals surface area contributed by atoms with Crippen molar-refractivity contribution < 1.29 is 9.84 Å². The quantitative estimate of drug-likeness (QED) is 0.873. The third-order valence-electron chi connectivity index (χ3n) is 3.56. The van der Waals surface area contributed by atoms with E-state index in [1.54, 1.807) is 7.11 Å². The first-order valence-electron chi connectivity index (χ1n) is 6.45. The van der Waals surface area contributed by atoms with Crippen molar-refractivity contribution in [3.63, 3.8) is 0 Å². The van der Waals surface area contributed by atoms with Crippen molar-refractivity contribution in [1.82, 2.24) is 4.90 Å². The zero-order chi connectivity index (χ0) is 13.8. The molecule has 0 fully saturated rings. The van der Waals surface area contributed by atoms with Crippen molar-refractivity contribution >= 4 is 12.4 Å². The van der Waals surface area contributed by atoms with E-state index in [0.29, 0.717) is 6.42 Å². The first-order valence-corrected chi connectivity index (χ1v) is 6.45. The molecule has 1 aromatic carbocycles. The van der Waals surface area contributed by atoms with E-state index in [0.717, 1.165) is 17.9 Å². The molecule has 0 aliphatic rings. The maximum Gasteiger partial charge on any atom is 0.119 e. The number of benzene rings is 1. The van der Waals surface area contributed by atoms with Crippen LogP contribution in [0.25, 0.3) is 0 Å². The molecule has 0 saturated carbocycles. The van der Waals surface area contributed by atoms with Crippen molar-refractivity contribution in [1.29, 1.82) is 0 Å². The summed E-state index contributed by atoms with van der Waals surface area (Å²) >= 11 is 0. The average Bonchev–Trinajstić information content (AvgIpc) is 2.37. The molecular weight excluding hydrogens is 262 g/mol. The van der Waals surface area contributed by atoms with Crippen molar-refractivity contribution in [3.8, 4) is 5.75 Å². The average molecular weight is 288 g/mol. The van der Waals surface area contributed by atoms with Gasteiger partial charge in [-0.15, -0.1) is 12.4 Å². The number of ether oxygens (including phenoxy) is 1. The van der Waals surface area contributed by atoms with E-state index in [4.69, 9.17) is 4.74 Å². The van der Waals surface area contributed by atoms with E-state index in [9.17, 15) is 5.11 Å². The summed E-state index contributed by atoms with van der Waals surface area (Å²) in [6.45, 7) is 4.95. The summed E-state index contributed by atoms with van der Waals surface area (Å²) in [6.07, 6.45) is 0.690. The van der Waals surface area contributed by atoms with E-state index in [1.807, 2.05) is 45.3 Å². The maximum absolute atomic E-state index is 10.9. The standard InChI is InChI=1S/C15H25NO2.ClH/c1-6-15(17,12(2)11-16(3)4)13-8-7-9-14(10-13)18-5;/h7-10,12,17H,6,11H2,1-5H3;1H/t12?,15-;/m1./s1. The number of aliphatic hydroxyl groups is 1. The normalized spacial score (nSPS) is 15.5. The van der Waals surface area contributed by atoms with Gasteiger partial charge in [-0.1, -0.05) is 26.0 Å². The largest absolute Gasteiger partial charge is 0.497 e. The first kappa shape index (κ1) is 18.2. The van der Waals surface area contributed by atoms with Crippen LogP contribution < -0.4 is 4.74 Å². The molecule has 0 heterocycles. The van der Waals surface area contributed by atoms with Crippen LogP contribution in [-0.2, 0) is 5.60 Å². The predicted octanol–water partition coefficient (Wildman–Crippen LogP) is 2.91. The van der Waals surface area contributed by atoms with Crippen LogP contribution in [-0.4, -0.2) is 37.8 Å². The molecule has 0 aliphatic heterocycles. The maximum atomic E-state index is 10.9. The van der Waals surface area contributed by atoms with Crippen LogP contribution in [0.5, 0.6) is 5.75 Å². The SMILES string of the molecule is CC[C@](O)(c1cccc(OC)c1)C(C)CN(C)C.Cl. The van der Waals surface area contributed by atoms with Crippen LogP contribution in [0.15, 0.2) is 24.3 Å². The highest BCUT2D eigenvalue weighted by Crippen LogP contribution is 2.34.